The summed E-state index contributed by atoms with van der Waals surface area (Å²) in [6, 6.07) is 8.95. The largest absolute Gasteiger partial charge is 0.390 e. The molecule has 3 rings (SSSR count). The van der Waals surface area contributed by atoms with Gasteiger partial charge in [-0.15, -0.1) is 0 Å². The van der Waals surface area contributed by atoms with E-state index in [4.69, 9.17) is 4.74 Å². The molecule has 0 aliphatic carbocycles. The summed E-state index contributed by atoms with van der Waals surface area (Å²) >= 11 is 0. The molecule has 24 heavy (non-hydrogen) atoms. The van der Waals surface area contributed by atoms with Gasteiger partial charge in [0.2, 0.25) is 0 Å². The van der Waals surface area contributed by atoms with E-state index in [2.05, 4.69) is 41.0 Å². The second-order valence-corrected chi connectivity index (χ2v) is 7.52. The molecule has 0 spiro atoms. The highest BCUT2D eigenvalue weighted by Crippen LogP contribution is 2.21. The number of rotatable bonds is 6. The first-order chi connectivity index (χ1) is 11.7. The maximum absolute atomic E-state index is 10.4. The zero-order chi connectivity index (χ0) is 16.8. The molecule has 0 saturated carbocycles. The molecule has 2 aliphatic rings. The van der Waals surface area contributed by atoms with Crippen LogP contribution in [0.25, 0.3) is 0 Å². The average molecular weight is 332 g/mol. The Morgan fingerprint density at radius 1 is 1.08 bits per heavy atom. The molecule has 134 valence electrons. The van der Waals surface area contributed by atoms with Gasteiger partial charge in [0.15, 0.2) is 0 Å². The highest BCUT2D eigenvalue weighted by atomic mass is 16.5. The minimum absolute atomic E-state index is 0.249. The van der Waals surface area contributed by atoms with E-state index in [-0.39, 0.29) is 6.10 Å². The van der Waals surface area contributed by atoms with Crippen LogP contribution in [0.1, 0.15) is 24.0 Å². The predicted octanol–water partition coefficient (Wildman–Crippen LogP) is 1.94. The fourth-order valence-corrected chi connectivity index (χ4v) is 3.98. The lowest BCUT2D eigenvalue weighted by Crippen LogP contribution is -2.46. The number of likely N-dealkylation sites (tertiary alicyclic amines) is 1. The van der Waals surface area contributed by atoms with E-state index in [9.17, 15) is 5.11 Å². The zero-order valence-corrected chi connectivity index (χ0v) is 15.0. The summed E-state index contributed by atoms with van der Waals surface area (Å²) < 4.78 is 5.38. The van der Waals surface area contributed by atoms with E-state index in [1.54, 1.807) is 0 Å². The van der Waals surface area contributed by atoms with Crippen LogP contribution in [0.15, 0.2) is 24.3 Å². The number of β-amino-alcohol motifs (C(OH)–C–C–N with tert-alkyl or cyclic N) is 1. The first-order valence-electron chi connectivity index (χ1n) is 9.45. The standard InChI is InChI=1S/C20H32N2O2/c1-17-4-6-18(7-5-17)13-19-3-2-8-22(14-19)16-20(23)15-21-9-11-24-12-10-21/h4-7,19-20,23H,2-3,8-16H2,1H3/t19-,20-/m0/s1. The Morgan fingerprint density at radius 2 is 1.79 bits per heavy atom. The van der Waals surface area contributed by atoms with Crippen molar-refractivity contribution in [2.75, 3.05) is 52.5 Å². The highest BCUT2D eigenvalue weighted by molar-refractivity contribution is 5.21. The lowest BCUT2D eigenvalue weighted by atomic mass is 9.91. The van der Waals surface area contributed by atoms with Crippen LogP contribution in [0.5, 0.6) is 0 Å². The molecular weight excluding hydrogens is 300 g/mol. The molecular formula is C20H32N2O2. The first-order valence-corrected chi connectivity index (χ1v) is 9.45. The molecule has 0 amide bonds. The summed E-state index contributed by atoms with van der Waals surface area (Å²) in [5.41, 5.74) is 2.77. The highest BCUT2D eigenvalue weighted by Gasteiger charge is 2.23. The molecule has 1 aromatic rings. The molecule has 0 aromatic heterocycles. The maximum atomic E-state index is 10.4. The molecule has 2 saturated heterocycles. The van der Waals surface area contributed by atoms with Gasteiger partial charge in [-0.25, -0.2) is 0 Å². The number of nitrogens with zero attached hydrogens (tertiary/aromatic N) is 2. The maximum Gasteiger partial charge on any atom is 0.0793 e. The van der Waals surface area contributed by atoms with Gasteiger partial charge in [0.05, 0.1) is 19.3 Å². The van der Waals surface area contributed by atoms with E-state index in [1.807, 2.05) is 0 Å². The summed E-state index contributed by atoms with van der Waals surface area (Å²) in [4.78, 5) is 4.79. The Morgan fingerprint density at radius 3 is 2.54 bits per heavy atom. The molecule has 4 nitrogen and oxygen atoms in total. The van der Waals surface area contributed by atoms with Gasteiger partial charge in [0, 0.05) is 32.7 Å². The van der Waals surface area contributed by atoms with Crippen LogP contribution in [0.4, 0.5) is 0 Å². The van der Waals surface area contributed by atoms with Gasteiger partial charge >= 0.3 is 0 Å². The summed E-state index contributed by atoms with van der Waals surface area (Å²) in [7, 11) is 0. The SMILES string of the molecule is Cc1ccc(C[C@@H]2CCCN(C[C@@H](O)CN3CCOCC3)C2)cc1. The van der Waals surface area contributed by atoms with E-state index in [1.165, 1.54) is 24.0 Å². The number of morpholine rings is 1. The number of aliphatic hydroxyl groups excluding tert-OH is 1. The third-order valence-corrected chi connectivity index (χ3v) is 5.29. The number of hydrogen-bond donors (Lipinski definition) is 1. The van der Waals surface area contributed by atoms with Gasteiger partial charge in [-0.1, -0.05) is 29.8 Å². The zero-order valence-electron chi connectivity index (χ0n) is 15.0. The van der Waals surface area contributed by atoms with Crippen LogP contribution in [0.3, 0.4) is 0 Å². The minimum atomic E-state index is -0.249. The van der Waals surface area contributed by atoms with Crippen LogP contribution >= 0.6 is 0 Å². The van der Waals surface area contributed by atoms with Crippen molar-refractivity contribution in [1.29, 1.82) is 0 Å². The average Bonchev–Trinajstić information content (AvgIpc) is 2.58. The monoisotopic (exact) mass is 332 g/mol. The Bertz CT molecular complexity index is 485. The predicted molar refractivity (Wildman–Crippen MR) is 97.3 cm³/mol. The smallest absolute Gasteiger partial charge is 0.0793 e. The van der Waals surface area contributed by atoms with Crippen LogP contribution < -0.4 is 0 Å². The molecule has 2 atom stereocenters. The van der Waals surface area contributed by atoms with Gasteiger partial charge in [0.1, 0.15) is 0 Å². The number of aliphatic hydroxyl groups is 1. The number of piperidine rings is 1. The fourth-order valence-electron chi connectivity index (χ4n) is 3.98. The fraction of sp³-hybridized carbons (Fsp3) is 0.700. The second-order valence-electron chi connectivity index (χ2n) is 7.52. The van der Waals surface area contributed by atoms with Gasteiger partial charge in [-0.2, -0.15) is 0 Å². The molecule has 4 heteroatoms. The minimum Gasteiger partial charge on any atom is -0.390 e. The molecule has 2 fully saturated rings. The summed E-state index contributed by atoms with van der Waals surface area (Å²) in [5.74, 6) is 0.719. The van der Waals surface area contributed by atoms with Crippen molar-refractivity contribution >= 4 is 0 Å². The third-order valence-electron chi connectivity index (χ3n) is 5.29. The Hall–Kier alpha value is -0.940. The lowest BCUT2D eigenvalue weighted by molar-refractivity contribution is 0.00342. The number of aryl methyl sites for hydroxylation is 1. The Kier molecular flexibility index (Phi) is 6.67. The van der Waals surface area contributed by atoms with Crippen molar-refractivity contribution in [2.24, 2.45) is 5.92 Å². The number of benzene rings is 1. The summed E-state index contributed by atoms with van der Waals surface area (Å²) in [5, 5.41) is 10.4. The van der Waals surface area contributed by atoms with E-state index in [0.29, 0.717) is 0 Å². The van der Waals surface area contributed by atoms with Crippen molar-refractivity contribution in [2.45, 2.75) is 32.3 Å². The van der Waals surface area contributed by atoms with Crippen molar-refractivity contribution in [1.82, 2.24) is 9.80 Å². The van der Waals surface area contributed by atoms with Gasteiger partial charge in [-0.3, -0.25) is 4.90 Å². The summed E-state index contributed by atoms with van der Waals surface area (Å²) in [6.45, 7) is 9.48. The van der Waals surface area contributed by atoms with Gasteiger partial charge < -0.3 is 14.7 Å². The number of ether oxygens (including phenoxy) is 1. The molecule has 0 radical (unpaired) electrons. The van der Waals surface area contributed by atoms with Crippen LogP contribution in [-0.4, -0.2) is 73.5 Å². The van der Waals surface area contributed by atoms with E-state index in [0.717, 1.165) is 64.8 Å². The molecule has 2 heterocycles. The summed E-state index contributed by atoms with van der Waals surface area (Å²) in [6.07, 6.45) is 3.47. The van der Waals surface area contributed by atoms with Crippen molar-refractivity contribution in [3.05, 3.63) is 35.4 Å². The van der Waals surface area contributed by atoms with Gasteiger partial charge in [-0.05, 0) is 44.2 Å². The van der Waals surface area contributed by atoms with Crippen molar-refractivity contribution in [3.8, 4) is 0 Å². The van der Waals surface area contributed by atoms with Crippen LogP contribution in [0, 0.1) is 12.8 Å². The van der Waals surface area contributed by atoms with Gasteiger partial charge in [0.25, 0.3) is 0 Å². The van der Waals surface area contributed by atoms with Crippen LogP contribution in [0.2, 0.25) is 0 Å². The quantitative estimate of drug-likeness (QED) is 0.864. The van der Waals surface area contributed by atoms with Crippen LogP contribution in [-0.2, 0) is 11.2 Å². The molecule has 2 aliphatic heterocycles. The molecule has 0 bridgehead atoms. The Balaban J connectivity index is 1.43. The first kappa shape index (κ1) is 17.9. The Labute approximate surface area is 146 Å². The van der Waals surface area contributed by atoms with Crippen molar-refractivity contribution < 1.29 is 9.84 Å². The van der Waals surface area contributed by atoms with E-state index < -0.39 is 0 Å². The second kappa shape index (κ2) is 8.95. The van der Waals surface area contributed by atoms with Crippen molar-refractivity contribution in [3.63, 3.8) is 0 Å². The lowest BCUT2D eigenvalue weighted by Gasteiger charge is -2.35. The molecule has 0 unspecified atom stereocenters. The normalized spacial score (nSPS) is 24.8. The van der Waals surface area contributed by atoms with E-state index >= 15 is 0 Å². The topological polar surface area (TPSA) is 35.9 Å². The molecule has 1 aromatic carbocycles. The molecule has 1 N–H and O–H groups in total. The number of hydrogen-bond acceptors (Lipinski definition) is 4. The third kappa shape index (κ3) is 5.55.